The number of H-pyrrole nitrogens is 4. The number of hydrogen-bond donors (Lipinski definition) is 12. The maximum absolute atomic E-state index is 17.4. The number of phenolic OH excluding ortho intramolecular Hbond substituents is 6. The van der Waals surface area contributed by atoms with E-state index in [-0.39, 0.29) is 99.2 Å². The molecule has 12 heterocycles. The maximum atomic E-state index is 17.4. The molecule has 0 amide bonds. The Labute approximate surface area is 712 Å². The first-order valence-electron chi connectivity index (χ1n) is 39.7. The van der Waals surface area contributed by atoms with Gasteiger partial charge >= 0.3 is 0 Å². The number of aromatic nitrogens is 14. The molecule has 0 fully saturated rings. The largest absolute Gasteiger partial charge is 0.508 e. The van der Waals surface area contributed by atoms with Crippen molar-refractivity contribution < 1.29 is 65.8 Å². The first-order chi connectivity index (χ1) is 61.7. The molecule has 0 atom stereocenters. The van der Waals surface area contributed by atoms with Gasteiger partial charge in [-0.25, -0.2) is 55.1 Å². The molecular formula is C97H64F8N16O6. The lowest BCUT2D eigenvalue weighted by atomic mass is 10.0. The lowest BCUT2D eigenvalue weighted by Crippen LogP contribution is -2.10. The van der Waals surface area contributed by atoms with Crippen LogP contribution in [-0.2, 0) is 26.2 Å². The van der Waals surface area contributed by atoms with Gasteiger partial charge in [-0.15, -0.1) is 10.2 Å². The van der Waals surface area contributed by atoms with Crippen LogP contribution in [0.25, 0.3) is 182 Å². The van der Waals surface area contributed by atoms with Crippen LogP contribution < -0.4 is 10.6 Å². The SMILES string of the molecule is Oc1cccc(-c2c3nc(c(-c4cccc(O)c4)c4ccc([nH]4)c(-c4c(F)c(F)c(NCc5cn(CCCn6cc(CNc7c(F)c(F)c(-c8c9nc(c(-c%10cccc(O)c%10)c%10ccc([nH]%10)c(-c%10cccc(O)c%10)c%10nc(c(-c%11cccc(O)c%11)c%11ccc8[nH]%11)C=C%10)C=C9)c(F)c7F)nn6)nn5)c(F)c4F)c4nc(c(-c5cccc(O)c5)c5ccc2[nH]5)C=C4)C=C3)c1. The van der Waals surface area contributed by atoms with Gasteiger partial charge in [-0.1, -0.05) is 83.2 Å². The Hall–Kier alpha value is -16.9. The number of nitrogens with one attached hydrogen (secondary N) is 6. The van der Waals surface area contributed by atoms with Crippen molar-refractivity contribution in [2.24, 2.45) is 0 Å². The van der Waals surface area contributed by atoms with Crippen LogP contribution in [0.15, 0.2) is 207 Å². The molecule has 4 aliphatic heterocycles. The molecule has 127 heavy (non-hydrogen) atoms. The number of fused-ring (bicyclic) bond motifs is 16. The third-order valence-corrected chi connectivity index (χ3v) is 22.2. The molecule has 0 spiro atoms. The second-order valence-corrected chi connectivity index (χ2v) is 30.3. The molecule has 4 aliphatic rings. The number of aromatic hydroxyl groups is 6. The first kappa shape index (κ1) is 78.6. The highest BCUT2D eigenvalue weighted by Gasteiger charge is 2.33. The second kappa shape index (κ2) is 31.8. The van der Waals surface area contributed by atoms with Crippen LogP contribution in [0, 0.1) is 46.5 Å². The lowest BCUT2D eigenvalue weighted by molar-refractivity contribution is 0.462. The quantitative estimate of drug-likeness (QED) is 0.0281. The summed E-state index contributed by atoms with van der Waals surface area (Å²) < 4.78 is 140. The molecule has 624 valence electrons. The van der Waals surface area contributed by atoms with Gasteiger partial charge in [-0.2, -0.15) is 0 Å². The molecule has 22 nitrogen and oxygen atoms in total. The summed E-state index contributed by atoms with van der Waals surface area (Å²) in [6.45, 7) is -0.677. The zero-order chi connectivity index (χ0) is 87.2. The Morgan fingerprint density at radius 1 is 0.260 bits per heavy atom. The fourth-order valence-corrected chi connectivity index (χ4v) is 16.6. The predicted molar refractivity (Wildman–Crippen MR) is 470 cm³/mol. The normalized spacial score (nSPS) is 12.2. The predicted octanol–water partition coefficient (Wildman–Crippen LogP) is 21.8. The highest BCUT2D eigenvalue weighted by molar-refractivity contribution is 6.04. The van der Waals surface area contributed by atoms with E-state index in [1.54, 1.807) is 146 Å². The van der Waals surface area contributed by atoms with Gasteiger partial charge in [0.05, 0.1) is 82.2 Å². The van der Waals surface area contributed by atoms with Gasteiger partial charge in [0, 0.05) is 102 Å². The number of halogens is 8. The summed E-state index contributed by atoms with van der Waals surface area (Å²) in [7, 11) is 0. The van der Waals surface area contributed by atoms with Gasteiger partial charge in [0.1, 0.15) is 57.3 Å². The van der Waals surface area contributed by atoms with E-state index in [9.17, 15) is 30.6 Å². The van der Waals surface area contributed by atoms with Crippen molar-refractivity contribution in [2.75, 3.05) is 10.6 Å². The van der Waals surface area contributed by atoms with E-state index < -0.39 is 93.3 Å². The Morgan fingerprint density at radius 3 is 0.693 bits per heavy atom. The zero-order valence-corrected chi connectivity index (χ0v) is 66.0. The number of nitrogens with zero attached hydrogens (tertiary/aromatic N) is 10. The van der Waals surface area contributed by atoms with Gasteiger partial charge in [0.25, 0.3) is 0 Å². The lowest BCUT2D eigenvalue weighted by Gasteiger charge is -2.14. The van der Waals surface area contributed by atoms with E-state index in [2.05, 4.69) is 51.2 Å². The number of benzene rings is 8. The van der Waals surface area contributed by atoms with Crippen molar-refractivity contribution in [1.82, 2.24) is 69.9 Å². The van der Waals surface area contributed by atoms with Crippen molar-refractivity contribution in [3.05, 3.63) is 310 Å². The first-order valence-corrected chi connectivity index (χ1v) is 39.7. The van der Waals surface area contributed by atoms with Crippen molar-refractivity contribution in [1.29, 1.82) is 0 Å². The Kier molecular flexibility index (Phi) is 19.7. The number of anilines is 2. The second-order valence-electron chi connectivity index (χ2n) is 30.3. The molecule has 0 saturated heterocycles. The minimum Gasteiger partial charge on any atom is -0.508 e. The van der Waals surface area contributed by atoms with Gasteiger partial charge in [0.2, 0.25) is 0 Å². The van der Waals surface area contributed by atoms with Gasteiger partial charge in [-0.3, -0.25) is 9.36 Å². The van der Waals surface area contributed by atoms with E-state index in [4.69, 9.17) is 19.9 Å². The molecule has 0 saturated carbocycles. The number of rotatable bonds is 18. The molecule has 0 unspecified atom stereocenters. The van der Waals surface area contributed by atoms with Crippen molar-refractivity contribution in [2.45, 2.75) is 32.6 Å². The number of phenols is 6. The summed E-state index contributed by atoms with van der Waals surface area (Å²) >= 11 is 0. The molecule has 20 rings (SSSR count). The monoisotopic (exact) mass is 1700 g/mol. The fraction of sp³-hybridized carbons (Fsp3) is 0.0515. The van der Waals surface area contributed by atoms with E-state index in [1.165, 1.54) is 107 Å². The smallest absolute Gasteiger partial charge is 0.185 e. The molecule has 8 aromatic heterocycles. The summed E-state index contributed by atoms with van der Waals surface area (Å²) in [6, 6.07) is 51.8. The topological polar surface area (TPSA) is 322 Å². The molecule has 30 heteroatoms. The molecule has 16 bridgehead atoms. The van der Waals surface area contributed by atoms with E-state index in [0.29, 0.717) is 123 Å². The van der Waals surface area contributed by atoms with Crippen LogP contribution >= 0.6 is 0 Å². The molecule has 8 aromatic carbocycles. The van der Waals surface area contributed by atoms with Crippen molar-refractivity contribution in [3.63, 3.8) is 0 Å². The standard InChI is InChI=1S/C97H64F8N16O6/c98-88-86(84-74-32-28-70(112-74)80(50-10-3-16-58(124)40-50)66-24-20-62(108-66)78(48-8-1-14-56(122)38-48)63-21-25-67(109-63)81(71-29-33-75(84)113-71)51-11-4-17-59(125)41-51)89(99)93(103)96(92(88)102)106-44-54-46-120(118-116-54)36-7-37-121-47-55(117-119-121)45-107-97-94(104)90(100)87(91(101)95(97)105)85-76-34-30-72(114-76)82(52-12-5-18-60(126)42-52)68-26-22-64(110-68)79(49-9-2-15-57(123)39-49)65-23-27-69(111-65)83(73-31-35-77(85)115-73)53-13-6-19-61(127)43-53/h1-6,8-35,38-43,46-47,106-108,110,113,115,122-127H,7,36-37,44-45H2. The minimum absolute atomic E-state index is 0.00984. The van der Waals surface area contributed by atoms with Crippen molar-refractivity contribution >= 4 is 104 Å². The van der Waals surface area contributed by atoms with Crippen LogP contribution in [0.1, 0.15) is 63.4 Å². The Balaban J connectivity index is 0.577. The van der Waals surface area contributed by atoms with Crippen molar-refractivity contribution in [3.8, 4) is 124 Å². The number of aromatic amines is 4. The van der Waals surface area contributed by atoms with E-state index in [1.807, 2.05) is 12.1 Å². The summed E-state index contributed by atoms with van der Waals surface area (Å²) in [5.41, 5.74) is 4.86. The number of aryl methyl sites for hydroxylation is 2. The maximum Gasteiger partial charge on any atom is 0.185 e. The summed E-state index contributed by atoms with van der Waals surface area (Å²) in [6.07, 6.45) is 16.2. The fourth-order valence-electron chi connectivity index (χ4n) is 16.6. The van der Waals surface area contributed by atoms with Gasteiger partial charge in [-0.05, 0) is 210 Å². The van der Waals surface area contributed by atoms with Crippen LogP contribution in [-0.4, -0.2) is 100 Å². The van der Waals surface area contributed by atoms with Crippen LogP contribution in [0.2, 0.25) is 0 Å². The number of hydrogen-bond acceptors (Lipinski definition) is 16. The molecule has 0 radical (unpaired) electrons. The van der Waals surface area contributed by atoms with Crippen LogP contribution in [0.5, 0.6) is 34.5 Å². The van der Waals surface area contributed by atoms with E-state index >= 15 is 35.1 Å². The average molecular weight is 1700 g/mol. The molecule has 0 aliphatic carbocycles. The third kappa shape index (κ3) is 14.6. The summed E-state index contributed by atoms with van der Waals surface area (Å²) in [4.78, 5) is 33.6. The Bertz CT molecular complexity index is 7220. The van der Waals surface area contributed by atoms with Crippen LogP contribution in [0.3, 0.4) is 0 Å². The molecule has 16 aromatic rings. The third-order valence-electron chi connectivity index (χ3n) is 22.2. The minimum atomic E-state index is -1.79. The molecule has 12 N–H and O–H groups in total. The van der Waals surface area contributed by atoms with Gasteiger partial charge in [0.15, 0.2) is 46.5 Å². The van der Waals surface area contributed by atoms with Gasteiger partial charge < -0.3 is 61.2 Å². The molecular weight excluding hydrogens is 1640 g/mol. The zero-order valence-electron chi connectivity index (χ0n) is 66.0. The van der Waals surface area contributed by atoms with Crippen LogP contribution in [0.4, 0.5) is 46.5 Å². The summed E-state index contributed by atoms with van der Waals surface area (Å²) in [5, 5.41) is 86.4. The highest BCUT2D eigenvalue weighted by Crippen LogP contribution is 2.47. The average Bonchev–Trinajstić information content (AvgIpc) is 1.69. The summed E-state index contributed by atoms with van der Waals surface area (Å²) in [5.74, 6) is -14.7. The highest BCUT2D eigenvalue weighted by atomic mass is 19.2. The Morgan fingerprint density at radius 2 is 0.472 bits per heavy atom. The van der Waals surface area contributed by atoms with E-state index in [0.717, 1.165) is 0 Å².